The van der Waals surface area contributed by atoms with Crippen LogP contribution in [0.4, 0.5) is 0 Å². The average Bonchev–Trinajstić information content (AvgIpc) is 2.41. The Hall–Kier alpha value is -2.00. The molecular formula is C15H13ClO3. The van der Waals surface area contributed by atoms with Crippen LogP contribution in [0.3, 0.4) is 0 Å². The molecule has 4 heteroatoms. The van der Waals surface area contributed by atoms with E-state index < -0.39 is 5.97 Å². The van der Waals surface area contributed by atoms with E-state index in [2.05, 4.69) is 0 Å². The van der Waals surface area contributed by atoms with Crippen molar-refractivity contribution < 1.29 is 14.6 Å². The molecule has 0 heterocycles. The van der Waals surface area contributed by atoms with Gasteiger partial charge in [0.05, 0.1) is 12.7 Å². The molecule has 0 atom stereocenters. The van der Waals surface area contributed by atoms with Crippen LogP contribution in [-0.2, 0) is 0 Å². The quantitative estimate of drug-likeness (QED) is 0.921. The van der Waals surface area contributed by atoms with Crippen molar-refractivity contribution in [3.63, 3.8) is 0 Å². The summed E-state index contributed by atoms with van der Waals surface area (Å²) in [5, 5.41) is 9.84. The van der Waals surface area contributed by atoms with Crippen LogP contribution in [0.25, 0.3) is 11.1 Å². The minimum atomic E-state index is -0.967. The van der Waals surface area contributed by atoms with Crippen LogP contribution in [0.5, 0.6) is 5.75 Å². The summed E-state index contributed by atoms with van der Waals surface area (Å²) in [6.07, 6.45) is 0. The molecule has 0 unspecified atom stereocenters. The molecule has 0 amide bonds. The fraction of sp³-hybridized carbons (Fsp3) is 0.133. The zero-order chi connectivity index (χ0) is 14.0. The number of aromatic carboxylic acids is 1. The molecule has 0 aliphatic rings. The molecule has 19 heavy (non-hydrogen) atoms. The zero-order valence-electron chi connectivity index (χ0n) is 10.6. The molecule has 0 radical (unpaired) electrons. The maximum absolute atomic E-state index is 11.3. The Bertz CT molecular complexity index is 635. The van der Waals surface area contributed by atoms with E-state index in [-0.39, 0.29) is 5.56 Å². The van der Waals surface area contributed by atoms with Gasteiger partial charge in [0.25, 0.3) is 0 Å². The second kappa shape index (κ2) is 5.33. The lowest BCUT2D eigenvalue weighted by molar-refractivity contribution is 0.0697. The Labute approximate surface area is 116 Å². The summed E-state index contributed by atoms with van der Waals surface area (Å²) in [4.78, 5) is 11.3. The molecule has 0 saturated carbocycles. The maximum atomic E-state index is 11.3. The fourth-order valence-corrected chi connectivity index (χ4v) is 2.10. The molecule has 0 fully saturated rings. The SMILES string of the molecule is COc1cc(Cl)c(C)cc1-c1ccccc1C(=O)O. The number of rotatable bonds is 3. The van der Waals surface area contributed by atoms with E-state index in [1.165, 1.54) is 7.11 Å². The van der Waals surface area contributed by atoms with Crippen LogP contribution in [0.1, 0.15) is 15.9 Å². The van der Waals surface area contributed by atoms with E-state index in [1.807, 2.05) is 13.0 Å². The summed E-state index contributed by atoms with van der Waals surface area (Å²) in [7, 11) is 1.54. The van der Waals surface area contributed by atoms with Crippen molar-refractivity contribution in [3.05, 3.63) is 52.5 Å². The smallest absolute Gasteiger partial charge is 0.336 e. The Morgan fingerprint density at radius 1 is 1.21 bits per heavy atom. The zero-order valence-corrected chi connectivity index (χ0v) is 11.4. The Kier molecular flexibility index (Phi) is 3.76. The van der Waals surface area contributed by atoms with Gasteiger partial charge in [-0.2, -0.15) is 0 Å². The minimum Gasteiger partial charge on any atom is -0.496 e. The lowest BCUT2D eigenvalue weighted by atomic mass is 9.97. The Morgan fingerprint density at radius 3 is 2.53 bits per heavy atom. The highest BCUT2D eigenvalue weighted by atomic mass is 35.5. The third-order valence-corrected chi connectivity index (χ3v) is 3.34. The summed E-state index contributed by atoms with van der Waals surface area (Å²) < 4.78 is 5.29. The third kappa shape index (κ3) is 2.56. The van der Waals surface area contributed by atoms with Crippen molar-refractivity contribution in [3.8, 4) is 16.9 Å². The number of methoxy groups -OCH3 is 1. The Morgan fingerprint density at radius 2 is 1.89 bits per heavy atom. The second-order valence-corrected chi connectivity index (χ2v) is 4.56. The first-order valence-corrected chi connectivity index (χ1v) is 6.09. The van der Waals surface area contributed by atoms with Crippen molar-refractivity contribution >= 4 is 17.6 Å². The van der Waals surface area contributed by atoms with E-state index in [4.69, 9.17) is 16.3 Å². The second-order valence-electron chi connectivity index (χ2n) is 4.15. The summed E-state index contributed by atoms with van der Waals surface area (Å²) in [5.74, 6) is -0.408. The molecule has 2 aromatic carbocycles. The number of carbonyl (C=O) groups is 1. The number of ether oxygens (including phenoxy) is 1. The lowest BCUT2D eigenvalue weighted by Crippen LogP contribution is -2.00. The molecule has 0 aliphatic heterocycles. The van der Waals surface area contributed by atoms with E-state index >= 15 is 0 Å². The summed E-state index contributed by atoms with van der Waals surface area (Å²) in [6, 6.07) is 10.4. The predicted octanol–water partition coefficient (Wildman–Crippen LogP) is 4.02. The van der Waals surface area contributed by atoms with Crippen molar-refractivity contribution in [2.75, 3.05) is 7.11 Å². The molecule has 0 aromatic heterocycles. The number of carboxylic acid groups (broad SMARTS) is 1. The van der Waals surface area contributed by atoms with Crippen molar-refractivity contribution in [2.45, 2.75) is 6.92 Å². The van der Waals surface area contributed by atoms with Crippen molar-refractivity contribution in [2.24, 2.45) is 0 Å². The van der Waals surface area contributed by atoms with Gasteiger partial charge in [0, 0.05) is 10.6 Å². The van der Waals surface area contributed by atoms with E-state index in [0.717, 1.165) is 11.1 Å². The molecule has 0 aliphatic carbocycles. The topological polar surface area (TPSA) is 46.5 Å². The molecule has 1 N–H and O–H groups in total. The summed E-state index contributed by atoms with van der Waals surface area (Å²) in [6.45, 7) is 1.87. The van der Waals surface area contributed by atoms with Crippen LogP contribution < -0.4 is 4.74 Å². The van der Waals surface area contributed by atoms with Gasteiger partial charge in [-0.3, -0.25) is 0 Å². The fourth-order valence-electron chi connectivity index (χ4n) is 1.95. The molecule has 98 valence electrons. The van der Waals surface area contributed by atoms with Crippen LogP contribution in [-0.4, -0.2) is 18.2 Å². The van der Waals surface area contributed by atoms with E-state index in [9.17, 15) is 9.90 Å². The van der Waals surface area contributed by atoms with E-state index in [0.29, 0.717) is 16.3 Å². The molecule has 0 spiro atoms. The standard InChI is InChI=1S/C15H13ClO3/c1-9-7-12(14(19-2)8-13(9)16)10-5-3-4-6-11(10)15(17)18/h3-8H,1-2H3,(H,17,18). The largest absolute Gasteiger partial charge is 0.496 e. The van der Waals surface area contributed by atoms with Crippen LogP contribution in [0.15, 0.2) is 36.4 Å². The summed E-state index contributed by atoms with van der Waals surface area (Å²) >= 11 is 6.06. The van der Waals surface area contributed by atoms with Crippen molar-refractivity contribution in [1.29, 1.82) is 0 Å². The van der Waals surface area contributed by atoms with Crippen LogP contribution in [0.2, 0.25) is 5.02 Å². The van der Waals surface area contributed by atoms with Gasteiger partial charge >= 0.3 is 5.97 Å². The first-order valence-electron chi connectivity index (χ1n) is 5.71. The van der Waals surface area contributed by atoms with E-state index in [1.54, 1.807) is 30.3 Å². The molecule has 2 rings (SSSR count). The molecule has 2 aromatic rings. The molecule has 0 saturated heterocycles. The Balaban J connectivity index is 2.71. The van der Waals surface area contributed by atoms with Gasteiger partial charge in [0.2, 0.25) is 0 Å². The van der Waals surface area contributed by atoms with Crippen molar-refractivity contribution in [1.82, 2.24) is 0 Å². The molecular weight excluding hydrogens is 264 g/mol. The van der Waals surface area contributed by atoms with Crippen LogP contribution in [0, 0.1) is 6.92 Å². The first kappa shape index (κ1) is 13.4. The van der Waals surface area contributed by atoms with Gasteiger partial charge in [0.15, 0.2) is 0 Å². The number of hydrogen-bond donors (Lipinski definition) is 1. The summed E-state index contributed by atoms with van der Waals surface area (Å²) in [5.41, 5.74) is 2.45. The molecule has 0 bridgehead atoms. The third-order valence-electron chi connectivity index (χ3n) is 2.93. The predicted molar refractivity (Wildman–Crippen MR) is 75.1 cm³/mol. The minimum absolute atomic E-state index is 0.238. The highest BCUT2D eigenvalue weighted by Crippen LogP contribution is 2.36. The van der Waals surface area contributed by atoms with Gasteiger partial charge in [-0.15, -0.1) is 0 Å². The van der Waals surface area contributed by atoms with Gasteiger partial charge in [-0.25, -0.2) is 4.79 Å². The normalized spacial score (nSPS) is 10.3. The number of halogens is 1. The number of aryl methyl sites for hydroxylation is 1. The number of hydrogen-bond acceptors (Lipinski definition) is 2. The first-order chi connectivity index (χ1) is 9.04. The number of benzene rings is 2. The van der Waals surface area contributed by atoms with Gasteiger partial charge < -0.3 is 9.84 Å². The number of carboxylic acids is 1. The molecule has 3 nitrogen and oxygen atoms in total. The van der Waals surface area contributed by atoms with Gasteiger partial charge in [-0.05, 0) is 36.2 Å². The average molecular weight is 277 g/mol. The maximum Gasteiger partial charge on any atom is 0.336 e. The van der Waals surface area contributed by atoms with Gasteiger partial charge in [0.1, 0.15) is 5.75 Å². The van der Waals surface area contributed by atoms with Crippen LogP contribution >= 0.6 is 11.6 Å². The van der Waals surface area contributed by atoms with Gasteiger partial charge in [-0.1, -0.05) is 29.8 Å². The highest BCUT2D eigenvalue weighted by Gasteiger charge is 2.15. The highest BCUT2D eigenvalue weighted by molar-refractivity contribution is 6.31. The monoisotopic (exact) mass is 276 g/mol. The lowest BCUT2D eigenvalue weighted by Gasteiger charge is -2.13.